The van der Waals surface area contributed by atoms with Crippen LogP contribution in [0.4, 0.5) is 6.01 Å². The third kappa shape index (κ3) is 3.77. The van der Waals surface area contributed by atoms with E-state index in [9.17, 15) is 14.4 Å². The maximum atomic E-state index is 12.3. The second-order valence-electron chi connectivity index (χ2n) is 6.48. The Labute approximate surface area is 171 Å². The molecule has 30 heavy (non-hydrogen) atoms. The lowest BCUT2D eigenvalue weighted by molar-refractivity contribution is -0.116. The number of hydrogen-bond acceptors (Lipinski definition) is 7. The minimum atomic E-state index is -0.451. The van der Waals surface area contributed by atoms with E-state index in [-0.39, 0.29) is 24.9 Å². The van der Waals surface area contributed by atoms with Crippen molar-refractivity contribution in [2.24, 2.45) is 0 Å². The second-order valence-corrected chi connectivity index (χ2v) is 6.48. The molecule has 152 valence electrons. The number of ether oxygens (including phenoxy) is 1. The van der Waals surface area contributed by atoms with Crippen molar-refractivity contribution >= 4 is 23.7 Å². The van der Waals surface area contributed by atoms with Gasteiger partial charge in [0.15, 0.2) is 0 Å². The Hall–Kier alpha value is -4.01. The molecule has 0 aliphatic carbocycles. The zero-order valence-electron chi connectivity index (χ0n) is 16.1. The summed E-state index contributed by atoms with van der Waals surface area (Å²) in [4.78, 5) is 37.9. The van der Waals surface area contributed by atoms with Crippen molar-refractivity contribution < 1.29 is 23.5 Å². The molecule has 0 bridgehead atoms. The molecule has 3 amide bonds. The van der Waals surface area contributed by atoms with Crippen LogP contribution in [0.2, 0.25) is 0 Å². The number of anilines is 1. The van der Waals surface area contributed by atoms with Crippen LogP contribution in [0.25, 0.3) is 11.5 Å². The molecule has 9 heteroatoms. The average Bonchev–Trinajstić information content (AvgIpc) is 3.31. The molecule has 0 saturated carbocycles. The van der Waals surface area contributed by atoms with E-state index in [2.05, 4.69) is 15.5 Å². The Morgan fingerprint density at radius 1 is 1.03 bits per heavy atom. The Morgan fingerprint density at radius 3 is 2.33 bits per heavy atom. The van der Waals surface area contributed by atoms with Crippen molar-refractivity contribution in [2.45, 2.75) is 13.3 Å². The highest BCUT2D eigenvalue weighted by Crippen LogP contribution is 2.24. The highest BCUT2D eigenvalue weighted by atomic mass is 16.5. The predicted molar refractivity (Wildman–Crippen MR) is 106 cm³/mol. The fraction of sp³-hybridized carbons (Fsp3) is 0.190. The lowest BCUT2D eigenvalue weighted by Crippen LogP contribution is -2.32. The first-order valence-electron chi connectivity index (χ1n) is 9.38. The number of imide groups is 1. The first-order valence-corrected chi connectivity index (χ1v) is 9.38. The molecule has 4 rings (SSSR count). The Bertz CT molecular complexity index is 1070. The van der Waals surface area contributed by atoms with Gasteiger partial charge in [-0.3, -0.25) is 24.6 Å². The summed E-state index contributed by atoms with van der Waals surface area (Å²) in [7, 11) is 0. The van der Waals surface area contributed by atoms with Gasteiger partial charge in [-0.15, -0.1) is 5.10 Å². The van der Waals surface area contributed by atoms with E-state index >= 15 is 0 Å². The van der Waals surface area contributed by atoms with Crippen molar-refractivity contribution in [1.29, 1.82) is 0 Å². The summed E-state index contributed by atoms with van der Waals surface area (Å²) in [5.74, 6) is -0.289. The van der Waals surface area contributed by atoms with E-state index in [1.807, 2.05) is 6.92 Å². The van der Waals surface area contributed by atoms with E-state index < -0.39 is 17.7 Å². The number of amides is 3. The summed E-state index contributed by atoms with van der Waals surface area (Å²) >= 11 is 0. The standard InChI is InChI=1S/C21H18N4O5/c1-2-29-14-9-7-13(8-10-14)18-23-24-21(30-18)22-17(26)11-12-25-19(27)15-5-3-4-6-16(15)20(25)28/h3-10H,2,11-12H2,1H3,(H,22,24,26). The minimum absolute atomic E-state index is 0.0436. The van der Waals surface area contributed by atoms with Gasteiger partial charge in [0.2, 0.25) is 11.8 Å². The van der Waals surface area contributed by atoms with Crippen LogP contribution in [-0.2, 0) is 4.79 Å². The molecule has 0 spiro atoms. The van der Waals surface area contributed by atoms with Crippen molar-refractivity contribution in [2.75, 3.05) is 18.5 Å². The minimum Gasteiger partial charge on any atom is -0.494 e. The SMILES string of the molecule is CCOc1ccc(-c2nnc(NC(=O)CCN3C(=O)c4ccccc4C3=O)o2)cc1. The Balaban J connectivity index is 1.34. The highest BCUT2D eigenvalue weighted by Gasteiger charge is 2.35. The summed E-state index contributed by atoms with van der Waals surface area (Å²) in [5, 5.41) is 10.2. The zero-order valence-corrected chi connectivity index (χ0v) is 16.1. The summed E-state index contributed by atoms with van der Waals surface area (Å²) in [6.07, 6.45) is -0.0910. The summed E-state index contributed by atoms with van der Waals surface area (Å²) < 4.78 is 10.8. The molecule has 1 aliphatic heterocycles. The maximum Gasteiger partial charge on any atom is 0.322 e. The van der Waals surface area contributed by atoms with Crippen LogP contribution in [0.3, 0.4) is 0 Å². The second kappa shape index (κ2) is 8.16. The van der Waals surface area contributed by atoms with Gasteiger partial charge in [0.05, 0.1) is 17.7 Å². The largest absolute Gasteiger partial charge is 0.494 e. The van der Waals surface area contributed by atoms with Crippen LogP contribution >= 0.6 is 0 Å². The normalized spacial score (nSPS) is 12.8. The van der Waals surface area contributed by atoms with Crippen molar-refractivity contribution in [3.8, 4) is 17.2 Å². The van der Waals surface area contributed by atoms with Gasteiger partial charge in [0.25, 0.3) is 11.8 Å². The Morgan fingerprint density at radius 2 is 1.70 bits per heavy atom. The molecule has 0 atom stereocenters. The first-order chi connectivity index (χ1) is 14.6. The van der Waals surface area contributed by atoms with E-state index in [1.165, 1.54) is 0 Å². The number of carbonyl (C=O) groups is 3. The monoisotopic (exact) mass is 406 g/mol. The molecule has 1 aliphatic rings. The topological polar surface area (TPSA) is 115 Å². The van der Waals surface area contributed by atoms with Crippen LogP contribution in [0.15, 0.2) is 52.9 Å². The van der Waals surface area contributed by atoms with Gasteiger partial charge in [0, 0.05) is 18.5 Å². The lowest BCUT2D eigenvalue weighted by atomic mass is 10.1. The molecule has 9 nitrogen and oxygen atoms in total. The third-order valence-electron chi connectivity index (χ3n) is 4.52. The van der Waals surface area contributed by atoms with Crippen LogP contribution < -0.4 is 10.1 Å². The van der Waals surface area contributed by atoms with Crippen molar-refractivity contribution in [3.05, 3.63) is 59.7 Å². The molecular weight excluding hydrogens is 388 g/mol. The van der Waals surface area contributed by atoms with E-state index in [0.717, 1.165) is 10.6 Å². The molecule has 2 heterocycles. The number of rotatable bonds is 7. The molecule has 2 aromatic carbocycles. The maximum absolute atomic E-state index is 12.3. The van der Waals surface area contributed by atoms with Crippen LogP contribution in [0.5, 0.6) is 5.75 Å². The highest BCUT2D eigenvalue weighted by molar-refractivity contribution is 6.21. The molecule has 1 aromatic heterocycles. The summed E-state index contributed by atoms with van der Waals surface area (Å²) in [6, 6.07) is 13.6. The van der Waals surface area contributed by atoms with Gasteiger partial charge < -0.3 is 9.15 Å². The molecule has 0 saturated heterocycles. The number of nitrogens with one attached hydrogen (secondary N) is 1. The Kier molecular flexibility index (Phi) is 5.25. The third-order valence-corrected chi connectivity index (χ3v) is 4.52. The number of carbonyl (C=O) groups excluding carboxylic acids is 3. The van der Waals surface area contributed by atoms with Crippen LogP contribution in [0.1, 0.15) is 34.1 Å². The van der Waals surface area contributed by atoms with Crippen LogP contribution in [0, 0.1) is 0 Å². The quantitative estimate of drug-likeness (QED) is 0.600. The molecule has 0 radical (unpaired) electrons. The molecule has 0 unspecified atom stereocenters. The molecule has 1 N–H and O–H groups in total. The fourth-order valence-corrected chi connectivity index (χ4v) is 3.09. The smallest absolute Gasteiger partial charge is 0.322 e. The molecule has 0 fully saturated rings. The number of hydrogen-bond donors (Lipinski definition) is 1. The van der Waals surface area contributed by atoms with E-state index in [0.29, 0.717) is 23.3 Å². The van der Waals surface area contributed by atoms with E-state index in [4.69, 9.17) is 9.15 Å². The van der Waals surface area contributed by atoms with Gasteiger partial charge in [-0.05, 0) is 43.3 Å². The zero-order chi connectivity index (χ0) is 21.1. The first kappa shape index (κ1) is 19.3. The summed E-state index contributed by atoms with van der Waals surface area (Å²) in [6.45, 7) is 2.42. The van der Waals surface area contributed by atoms with Gasteiger partial charge in [-0.2, -0.15) is 0 Å². The number of benzene rings is 2. The summed E-state index contributed by atoms with van der Waals surface area (Å²) in [5.41, 5.74) is 1.37. The predicted octanol–water partition coefficient (Wildman–Crippen LogP) is 2.76. The van der Waals surface area contributed by atoms with Gasteiger partial charge in [0.1, 0.15) is 5.75 Å². The van der Waals surface area contributed by atoms with Gasteiger partial charge in [-0.1, -0.05) is 17.2 Å². The lowest BCUT2D eigenvalue weighted by Gasteiger charge is -2.12. The number of nitrogens with zero attached hydrogens (tertiary/aromatic N) is 3. The van der Waals surface area contributed by atoms with Crippen molar-refractivity contribution in [1.82, 2.24) is 15.1 Å². The number of aromatic nitrogens is 2. The molecular formula is C21H18N4O5. The fourth-order valence-electron chi connectivity index (χ4n) is 3.09. The average molecular weight is 406 g/mol. The molecule has 3 aromatic rings. The van der Waals surface area contributed by atoms with Gasteiger partial charge in [-0.25, -0.2) is 0 Å². The van der Waals surface area contributed by atoms with Gasteiger partial charge >= 0.3 is 6.01 Å². The van der Waals surface area contributed by atoms with Crippen molar-refractivity contribution in [3.63, 3.8) is 0 Å². The van der Waals surface area contributed by atoms with E-state index in [1.54, 1.807) is 48.5 Å². The van der Waals surface area contributed by atoms with Crippen LogP contribution in [-0.4, -0.2) is 46.0 Å². The number of fused-ring (bicyclic) bond motifs is 1.